The van der Waals surface area contributed by atoms with Gasteiger partial charge in [-0.25, -0.2) is 0 Å². The van der Waals surface area contributed by atoms with Crippen molar-refractivity contribution in [3.8, 4) is 0 Å². The molecule has 0 fully saturated rings. The third-order valence-electron chi connectivity index (χ3n) is 1.08. The van der Waals surface area contributed by atoms with Crippen LogP contribution in [0.3, 0.4) is 0 Å². The van der Waals surface area contributed by atoms with Crippen molar-refractivity contribution in [2.45, 2.75) is 19.4 Å². The van der Waals surface area contributed by atoms with Crippen LogP contribution in [0.25, 0.3) is 0 Å². The van der Waals surface area contributed by atoms with Gasteiger partial charge in [0.2, 0.25) is 0 Å². The third-order valence-corrected chi connectivity index (χ3v) is 1.34. The van der Waals surface area contributed by atoms with Crippen molar-refractivity contribution in [1.29, 1.82) is 0 Å². The molecule has 0 aliphatic carbocycles. The summed E-state index contributed by atoms with van der Waals surface area (Å²) in [5.41, 5.74) is 0. The topological polar surface area (TPSA) is 26.3 Å². The van der Waals surface area contributed by atoms with E-state index in [1.54, 1.807) is 6.08 Å². The molecule has 0 bridgehead atoms. The van der Waals surface area contributed by atoms with E-state index in [0.717, 1.165) is 6.42 Å². The van der Waals surface area contributed by atoms with E-state index in [0.29, 0.717) is 0 Å². The normalized spacial score (nSPS) is 12.2. The van der Waals surface area contributed by atoms with E-state index in [-0.39, 0.29) is 17.8 Å². The van der Waals surface area contributed by atoms with E-state index in [1.165, 1.54) is 0 Å². The molecule has 0 aliphatic heterocycles. The summed E-state index contributed by atoms with van der Waals surface area (Å²) in [5.74, 6) is -0.167. The first kappa shape index (κ1) is 9.56. The minimum absolute atomic E-state index is 0.129. The van der Waals surface area contributed by atoms with Gasteiger partial charge in [0.15, 0.2) is 0 Å². The van der Waals surface area contributed by atoms with E-state index in [4.69, 9.17) is 4.74 Å². The maximum absolute atomic E-state index is 10.6. The van der Waals surface area contributed by atoms with Gasteiger partial charge >= 0.3 is 5.97 Å². The summed E-state index contributed by atoms with van der Waals surface area (Å²) < 4.78 is 4.86. The number of rotatable bonds is 4. The summed E-state index contributed by atoms with van der Waals surface area (Å²) in [7, 11) is 0. The van der Waals surface area contributed by atoms with Crippen molar-refractivity contribution in [2.24, 2.45) is 0 Å². The standard InChI is InChI=1S/C7H12O2S/c1-3-6(4-2)9-7(8)5-10/h3,6,10H,1,4-5H2,2H3. The van der Waals surface area contributed by atoms with Crippen LogP contribution >= 0.6 is 12.6 Å². The van der Waals surface area contributed by atoms with Crippen molar-refractivity contribution < 1.29 is 9.53 Å². The largest absolute Gasteiger partial charge is 0.458 e. The van der Waals surface area contributed by atoms with E-state index >= 15 is 0 Å². The molecule has 0 aromatic carbocycles. The Balaban J connectivity index is 3.62. The maximum atomic E-state index is 10.6. The molecule has 0 rings (SSSR count). The van der Waals surface area contributed by atoms with Gasteiger partial charge in [-0.15, -0.1) is 0 Å². The van der Waals surface area contributed by atoms with Crippen LogP contribution in [-0.2, 0) is 9.53 Å². The van der Waals surface area contributed by atoms with Gasteiger partial charge in [-0.05, 0) is 6.42 Å². The van der Waals surface area contributed by atoms with E-state index in [9.17, 15) is 4.79 Å². The number of esters is 1. The monoisotopic (exact) mass is 160 g/mol. The molecule has 0 radical (unpaired) electrons. The summed E-state index contributed by atoms with van der Waals surface area (Å²) in [6.07, 6.45) is 2.23. The van der Waals surface area contributed by atoms with E-state index in [1.807, 2.05) is 6.92 Å². The Kier molecular flexibility index (Phi) is 5.12. The molecule has 0 aliphatic rings. The van der Waals surface area contributed by atoms with Gasteiger partial charge in [0.05, 0.1) is 5.75 Å². The Morgan fingerprint density at radius 3 is 2.80 bits per heavy atom. The summed E-state index contributed by atoms with van der Waals surface area (Å²) in [5, 5.41) is 0. The summed E-state index contributed by atoms with van der Waals surface area (Å²) in [6.45, 7) is 5.45. The Morgan fingerprint density at radius 1 is 1.90 bits per heavy atom. The minimum atomic E-state index is -0.296. The number of carbonyl (C=O) groups excluding carboxylic acids is 1. The Morgan fingerprint density at radius 2 is 2.50 bits per heavy atom. The Hall–Kier alpha value is -0.440. The van der Waals surface area contributed by atoms with Crippen LogP contribution < -0.4 is 0 Å². The smallest absolute Gasteiger partial charge is 0.316 e. The van der Waals surface area contributed by atoms with Crippen molar-refractivity contribution in [2.75, 3.05) is 5.75 Å². The number of hydrogen-bond acceptors (Lipinski definition) is 3. The first-order valence-corrected chi connectivity index (χ1v) is 3.80. The molecule has 1 atom stereocenters. The molecule has 0 saturated heterocycles. The van der Waals surface area contributed by atoms with Crippen LogP contribution in [-0.4, -0.2) is 17.8 Å². The van der Waals surface area contributed by atoms with Crippen LogP contribution in [0.15, 0.2) is 12.7 Å². The lowest BCUT2D eigenvalue weighted by atomic mass is 10.3. The molecule has 1 unspecified atom stereocenters. The average molecular weight is 160 g/mol. The Labute approximate surface area is 66.7 Å². The molecular formula is C7H12O2S. The highest BCUT2D eigenvalue weighted by atomic mass is 32.1. The van der Waals surface area contributed by atoms with Gasteiger partial charge in [0.25, 0.3) is 0 Å². The van der Waals surface area contributed by atoms with Gasteiger partial charge in [-0.2, -0.15) is 12.6 Å². The molecule has 2 nitrogen and oxygen atoms in total. The maximum Gasteiger partial charge on any atom is 0.316 e. The second-order valence-corrected chi connectivity index (χ2v) is 2.15. The molecule has 0 N–H and O–H groups in total. The molecule has 0 amide bonds. The lowest BCUT2D eigenvalue weighted by molar-refractivity contribution is -0.143. The number of thiol groups is 1. The van der Waals surface area contributed by atoms with Gasteiger partial charge in [-0.1, -0.05) is 19.6 Å². The molecule has 0 aromatic heterocycles. The van der Waals surface area contributed by atoms with Gasteiger partial charge in [-0.3, -0.25) is 4.79 Å². The predicted octanol–water partition coefficient (Wildman–Crippen LogP) is 1.42. The SMILES string of the molecule is C=CC(CC)OC(=O)CS. The average Bonchev–Trinajstić information content (AvgIpc) is 1.99. The molecule has 0 saturated carbocycles. The fraction of sp³-hybridized carbons (Fsp3) is 0.571. The highest BCUT2D eigenvalue weighted by Gasteiger charge is 2.05. The third kappa shape index (κ3) is 3.56. The first-order valence-electron chi connectivity index (χ1n) is 3.17. The lowest BCUT2D eigenvalue weighted by Gasteiger charge is -2.09. The molecule has 3 heteroatoms. The number of ether oxygens (including phenoxy) is 1. The van der Waals surface area contributed by atoms with Crippen LogP contribution in [0.1, 0.15) is 13.3 Å². The zero-order valence-corrected chi connectivity index (χ0v) is 6.93. The number of carbonyl (C=O) groups is 1. The van der Waals surface area contributed by atoms with Crippen LogP contribution in [0, 0.1) is 0 Å². The number of hydrogen-bond donors (Lipinski definition) is 1. The lowest BCUT2D eigenvalue weighted by Crippen LogP contribution is -2.15. The quantitative estimate of drug-likeness (QED) is 0.382. The second kappa shape index (κ2) is 5.35. The molecular weight excluding hydrogens is 148 g/mol. The highest BCUT2D eigenvalue weighted by molar-refractivity contribution is 7.81. The summed E-state index contributed by atoms with van der Waals surface area (Å²) >= 11 is 3.76. The minimum Gasteiger partial charge on any atom is -0.458 e. The van der Waals surface area contributed by atoms with E-state index < -0.39 is 0 Å². The molecule has 10 heavy (non-hydrogen) atoms. The van der Waals surface area contributed by atoms with Gasteiger partial charge in [0, 0.05) is 0 Å². The predicted molar refractivity (Wildman–Crippen MR) is 44.2 cm³/mol. The fourth-order valence-electron chi connectivity index (χ4n) is 0.504. The molecule has 58 valence electrons. The van der Waals surface area contributed by atoms with E-state index in [2.05, 4.69) is 19.2 Å². The van der Waals surface area contributed by atoms with Gasteiger partial charge in [0.1, 0.15) is 6.10 Å². The highest BCUT2D eigenvalue weighted by Crippen LogP contribution is 1.99. The molecule has 0 heterocycles. The van der Waals surface area contributed by atoms with Crippen LogP contribution in [0.4, 0.5) is 0 Å². The van der Waals surface area contributed by atoms with Crippen LogP contribution in [0.2, 0.25) is 0 Å². The van der Waals surface area contributed by atoms with Crippen molar-refractivity contribution in [1.82, 2.24) is 0 Å². The first-order chi connectivity index (χ1) is 4.74. The zero-order chi connectivity index (χ0) is 7.98. The van der Waals surface area contributed by atoms with Crippen molar-refractivity contribution in [3.05, 3.63) is 12.7 Å². The molecule has 0 aromatic rings. The fourth-order valence-corrected chi connectivity index (χ4v) is 0.579. The van der Waals surface area contributed by atoms with Crippen molar-refractivity contribution in [3.63, 3.8) is 0 Å². The van der Waals surface area contributed by atoms with Crippen molar-refractivity contribution >= 4 is 18.6 Å². The second-order valence-electron chi connectivity index (χ2n) is 1.83. The zero-order valence-electron chi connectivity index (χ0n) is 6.04. The summed E-state index contributed by atoms with van der Waals surface area (Å²) in [4.78, 5) is 10.6. The summed E-state index contributed by atoms with van der Waals surface area (Å²) in [6, 6.07) is 0. The molecule has 0 spiro atoms. The van der Waals surface area contributed by atoms with Crippen LogP contribution in [0.5, 0.6) is 0 Å². The Bertz CT molecular complexity index is 123. The van der Waals surface area contributed by atoms with Gasteiger partial charge < -0.3 is 4.74 Å².